The number of guanidine groups is 1. The molecule has 0 bridgehead atoms. The third kappa shape index (κ3) is 9.39. The van der Waals surface area contributed by atoms with Crippen molar-refractivity contribution < 1.29 is 4.74 Å². The van der Waals surface area contributed by atoms with Crippen molar-refractivity contribution in [2.24, 2.45) is 10.9 Å². The topological polar surface area (TPSA) is 52.1 Å². The van der Waals surface area contributed by atoms with Crippen molar-refractivity contribution in [3.05, 3.63) is 0 Å². The highest BCUT2D eigenvalue weighted by Crippen LogP contribution is 2.28. The third-order valence-corrected chi connectivity index (χ3v) is 4.66. The first-order valence-corrected chi connectivity index (χ1v) is 9.28. The summed E-state index contributed by atoms with van der Waals surface area (Å²) in [5, 5.41) is 6.76. The average molecular weight is 453 g/mol. The second kappa shape index (κ2) is 13.1. The van der Waals surface area contributed by atoms with E-state index < -0.39 is 0 Å². The van der Waals surface area contributed by atoms with Gasteiger partial charge in [-0.15, -0.1) is 24.0 Å². The Bertz CT molecular complexity index is 344. The fourth-order valence-electron chi connectivity index (χ4n) is 2.80. The van der Waals surface area contributed by atoms with Crippen LogP contribution in [0.5, 0.6) is 0 Å². The first-order chi connectivity index (χ1) is 11.3. The smallest absolute Gasteiger partial charge is 0.191 e. The molecule has 0 spiro atoms. The van der Waals surface area contributed by atoms with E-state index in [1.165, 1.54) is 45.6 Å². The lowest BCUT2D eigenvalue weighted by Gasteiger charge is -2.34. The molecule has 1 aliphatic carbocycles. The highest BCUT2D eigenvalue weighted by atomic mass is 127. The van der Waals surface area contributed by atoms with Crippen LogP contribution in [0.15, 0.2) is 4.99 Å². The summed E-state index contributed by atoms with van der Waals surface area (Å²) in [7, 11) is 1.83. The van der Waals surface area contributed by atoms with Crippen LogP contribution in [-0.2, 0) is 4.74 Å². The van der Waals surface area contributed by atoms with Gasteiger partial charge in [0.15, 0.2) is 5.96 Å². The Labute approximate surface area is 164 Å². The summed E-state index contributed by atoms with van der Waals surface area (Å²) in [5.41, 5.74) is 0. The molecule has 2 fully saturated rings. The minimum absolute atomic E-state index is 0. The van der Waals surface area contributed by atoms with Crippen molar-refractivity contribution in [1.29, 1.82) is 0 Å². The number of piperazine rings is 1. The summed E-state index contributed by atoms with van der Waals surface area (Å²) in [6.07, 6.45) is 3.76. The molecule has 0 amide bonds. The number of likely N-dealkylation sites (N-methyl/N-ethyl adjacent to an activating group) is 1. The second-order valence-corrected chi connectivity index (χ2v) is 6.57. The largest absolute Gasteiger partial charge is 0.381 e. The number of halogens is 1. The van der Waals surface area contributed by atoms with E-state index in [9.17, 15) is 0 Å². The molecule has 2 rings (SSSR count). The van der Waals surface area contributed by atoms with Crippen LogP contribution < -0.4 is 10.6 Å². The van der Waals surface area contributed by atoms with Crippen LogP contribution in [-0.4, -0.2) is 88.4 Å². The van der Waals surface area contributed by atoms with Crippen LogP contribution >= 0.6 is 24.0 Å². The van der Waals surface area contributed by atoms with Gasteiger partial charge in [0.2, 0.25) is 0 Å². The number of hydrogen-bond donors (Lipinski definition) is 2. The van der Waals surface area contributed by atoms with Crippen LogP contribution in [0.25, 0.3) is 0 Å². The number of ether oxygens (including phenoxy) is 1. The van der Waals surface area contributed by atoms with Gasteiger partial charge in [-0.3, -0.25) is 9.89 Å². The van der Waals surface area contributed by atoms with Gasteiger partial charge in [-0.25, -0.2) is 0 Å². The maximum atomic E-state index is 5.64. The van der Waals surface area contributed by atoms with Gasteiger partial charge in [-0.1, -0.05) is 6.92 Å². The van der Waals surface area contributed by atoms with Crippen molar-refractivity contribution in [2.45, 2.75) is 26.2 Å². The number of rotatable bonds is 10. The quantitative estimate of drug-likeness (QED) is 0.226. The van der Waals surface area contributed by atoms with Crippen molar-refractivity contribution in [1.82, 2.24) is 20.4 Å². The van der Waals surface area contributed by atoms with Crippen molar-refractivity contribution in [3.63, 3.8) is 0 Å². The number of hydrogen-bond acceptors (Lipinski definition) is 4. The molecule has 2 N–H and O–H groups in total. The van der Waals surface area contributed by atoms with E-state index >= 15 is 0 Å². The minimum atomic E-state index is 0. The molecule has 0 radical (unpaired) electrons. The molecular formula is C17H36IN5O. The van der Waals surface area contributed by atoms with Crippen LogP contribution in [0.2, 0.25) is 0 Å². The predicted molar refractivity (Wildman–Crippen MR) is 111 cm³/mol. The standard InChI is InChI=1S/C17H35N5O.HI/c1-3-21-10-12-22(13-11-21)9-8-20-17(18-2)19-7-4-14-23-15-16-5-6-16;/h16H,3-15H2,1-2H3,(H2,18,19,20);1H. The lowest BCUT2D eigenvalue weighted by molar-refractivity contribution is 0.123. The first kappa shape index (κ1) is 21.9. The van der Waals surface area contributed by atoms with Crippen LogP contribution in [0.3, 0.4) is 0 Å². The lowest BCUT2D eigenvalue weighted by Crippen LogP contribution is -2.49. The molecule has 1 saturated carbocycles. The molecule has 7 heteroatoms. The van der Waals surface area contributed by atoms with E-state index in [2.05, 4.69) is 32.3 Å². The maximum absolute atomic E-state index is 5.64. The van der Waals surface area contributed by atoms with E-state index in [0.29, 0.717) is 0 Å². The van der Waals surface area contributed by atoms with Gasteiger partial charge < -0.3 is 20.3 Å². The van der Waals surface area contributed by atoms with E-state index in [1.54, 1.807) is 0 Å². The first-order valence-electron chi connectivity index (χ1n) is 9.28. The molecule has 2 aliphatic rings. The molecule has 0 atom stereocenters. The Kier molecular flexibility index (Phi) is 12.0. The SMILES string of the molecule is CCN1CCN(CCNC(=NC)NCCCOCC2CC2)CC1.I. The van der Waals surface area contributed by atoms with Gasteiger partial charge in [-0.05, 0) is 31.7 Å². The minimum Gasteiger partial charge on any atom is -0.381 e. The van der Waals surface area contributed by atoms with Gasteiger partial charge >= 0.3 is 0 Å². The second-order valence-electron chi connectivity index (χ2n) is 6.57. The zero-order valence-corrected chi connectivity index (χ0v) is 17.8. The summed E-state index contributed by atoms with van der Waals surface area (Å²) in [4.78, 5) is 9.31. The average Bonchev–Trinajstić information content (AvgIpc) is 3.41. The Hall–Kier alpha value is -0.120. The van der Waals surface area contributed by atoms with E-state index in [-0.39, 0.29) is 24.0 Å². The van der Waals surface area contributed by atoms with Gasteiger partial charge in [0.05, 0.1) is 0 Å². The molecule has 0 aromatic rings. The summed E-state index contributed by atoms with van der Waals surface area (Å²) in [6, 6.07) is 0. The van der Waals surface area contributed by atoms with E-state index in [4.69, 9.17) is 4.74 Å². The van der Waals surface area contributed by atoms with Crippen LogP contribution in [0, 0.1) is 5.92 Å². The fourth-order valence-corrected chi connectivity index (χ4v) is 2.80. The van der Waals surface area contributed by atoms with Crippen LogP contribution in [0.1, 0.15) is 26.2 Å². The third-order valence-electron chi connectivity index (χ3n) is 4.66. The summed E-state index contributed by atoms with van der Waals surface area (Å²) < 4.78 is 5.64. The van der Waals surface area contributed by atoms with Gasteiger partial charge in [0, 0.05) is 66.1 Å². The van der Waals surface area contributed by atoms with Crippen molar-refractivity contribution >= 4 is 29.9 Å². The zero-order chi connectivity index (χ0) is 16.3. The number of nitrogens with one attached hydrogen (secondary N) is 2. The predicted octanol–water partition coefficient (Wildman–Crippen LogP) is 1.22. The number of aliphatic imine (C=N–C) groups is 1. The van der Waals surface area contributed by atoms with Gasteiger partial charge in [0.25, 0.3) is 0 Å². The summed E-state index contributed by atoms with van der Waals surface area (Å²) in [5.74, 6) is 1.76. The monoisotopic (exact) mass is 453 g/mol. The molecule has 0 unspecified atom stereocenters. The maximum Gasteiger partial charge on any atom is 0.191 e. The molecule has 24 heavy (non-hydrogen) atoms. The Balaban J connectivity index is 0.00000288. The highest BCUT2D eigenvalue weighted by Gasteiger charge is 2.20. The highest BCUT2D eigenvalue weighted by molar-refractivity contribution is 14.0. The molecule has 0 aromatic heterocycles. The van der Waals surface area contributed by atoms with Crippen LogP contribution in [0.4, 0.5) is 0 Å². The molecule has 142 valence electrons. The molecule has 0 aromatic carbocycles. The zero-order valence-electron chi connectivity index (χ0n) is 15.4. The molecule has 1 aliphatic heterocycles. The lowest BCUT2D eigenvalue weighted by atomic mass is 10.3. The normalized spacial score (nSPS) is 19.8. The number of nitrogens with zero attached hydrogens (tertiary/aromatic N) is 3. The van der Waals surface area contributed by atoms with Crippen molar-refractivity contribution in [2.75, 3.05) is 72.6 Å². The summed E-state index contributed by atoms with van der Waals surface area (Å²) in [6.45, 7) is 12.9. The molecular weight excluding hydrogens is 417 g/mol. The molecule has 1 heterocycles. The molecule has 1 saturated heterocycles. The fraction of sp³-hybridized carbons (Fsp3) is 0.941. The Morgan fingerprint density at radius 3 is 2.38 bits per heavy atom. The molecule has 6 nitrogen and oxygen atoms in total. The Morgan fingerprint density at radius 2 is 1.75 bits per heavy atom. The van der Waals surface area contributed by atoms with Gasteiger partial charge in [0.1, 0.15) is 0 Å². The van der Waals surface area contributed by atoms with E-state index in [1.807, 2.05) is 7.05 Å². The van der Waals surface area contributed by atoms with Crippen molar-refractivity contribution in [3.8, 4) is 0 Å². The van der Waals surface area contributed by atoms with Gasteiger partial charge in [-0.2, -0.15) is 0 Å². The Morgan fingerprint density at radius 1 is 1.08 bits per heavy atom. The van der Waals surface area contributed by atoms with E-state index in [0.717, 1.165) is 51.1 Å². The summed E-state index contributed by atoms with van der Waals surface area (Å²) >= 11 is 0.